The molecule has 78 heavy (non-hydrogen) atoms. The van der Waals surface area contributed by atoms with E-state index < -0.39 is 37.0 Å². The lowest BCUT2D eigenvalue weighted by Gasteiger charge is -2.58. The van der Waals surface area contributed by atoms with Crippen molar-refractivity contribution in [3.05, 3.63) is 140 Å². The number of fused-ring (bicyclic) bond motifs is 1. The van der Waals surface area contributed by atoms with Crippen LogP contribution in [0.2, 0.25) is 5.02 Å². The molecule has 16 nitrogen and oxygen atoms in total. The lowest BCUT2D eigenvalue weighted by Crippen LogP contribution is -2.60. The zero-order valence-electron chi connectivity index (χ0n) is 45.0. The summed E-state index contributed by atoms with van der Waals surface area (Å²) in [5.41, 5.74) is 6.02. The van der Waals surface area contributed by atoms with Crippen LogP contribution in [0.15, 0.2) is 102 Å². The normalized spacial score (nSPS) is 22.1. The van der Waals surface area contributed by atoms with E-state index in [-0.39, 0.29) is 40.1 Å². The molecule has 3 saturated carbocycles. The molecule has 0 radical (unpaired) electrons. The first-order chi connectivity index (χ1) is 37.4. The van der Waals surface area contributed by atoms with Gasteiger partial charge in [0.25, 0.3) is 21.6 Å². The number of carbonyl (C=O) groups excluding carboxylic acids is 1. The van der Waals surface area contributed by atoms with Crippen molar-refractivity contribution in [3.8, 4) is 17.2 Å². The van der Waals surface area contributed by atoms with Gasteiger partial charge in [0.2, 0.25) is 0 Å². The molecule has 2 aromatic heterocycles. The molecular formula is C60H71ClN8O8S. The Bertz CT molecular complexity index is 3320. The molecule has 0 unspecified atom stereocenters. The van der Waals surface area contributed by atoms with Gasteiger partial charge in [-0.2, -0.15) is 0 Å². The average Bonchev–Trinajstić information content (AvgIpc) is 4.32. The lowest BCUT2D eigenvalue weighted by atomic mass is 9.59. The molecule has 11 rings (SSSR count). The van der Waals surface area contributed by atoms with Gasteiger partial charge in [-0.3, -0.25) is 24.7 Å². The fourth-order valence-corrected chi connectivity index (χ4v) is 14.0. The summed E-state index contributed by atoms with van der Waals surface area (Å²) in [7, 11) is -2.82. The van der Waals surface area contributed by atoms with Crippen LogP contribution < -0.4 is 24.4 Å². The quantitative estimate of drug-likeness (QED) is 0.0498. The average molecular weight is 1100 g/mol. The van der Waals surface area contributed by atoms with Gasteiger partial charge in [0.1, 0.15) is 28.6 Å². The number of pyridine rings is 1. The Balaban J connectivity index is 0.782. The van der Waals surface area contributed by atoms with Crippen molar-refractivity contribution in [2.45, 2.75) is 126 Å². The molecule has 5 fully saturated rings. The number of carbonyl (C=O) groups is 1. The molecule has 1 atom stereocenters. The first kappa shape index (κ1) is 53.7. The number of nitrogens with one attached hydrogen (secondary N) is 3. The Morgan fingerprint density at radius 1 is 0.936 bits per heavy atom. The number of amides is 1. The van der Waals surface area contributed by atoms with E-state index in [0.717, 1.165) is 95.3 Å². The Labute approximate surface area is 462 Å². The third-order valence-electron chi connectivity index (χ3n) is 17.6. The molecule has 2 saturated heterocycles. The number of sulfonamides is 1. The Morgan fingerprint density at radius 2 is 1.71 bits per heavy atom. The predicted octanol–water partition coefficient (Wildman–Crippen LogP) is 11.7. The molecule has 5 aliphatic rings. The summed E-state index contributed by atoms with van der Waals surface area (Å²) >= 11 is 6.46. The van der Waals surface area contributed by atoms with E-state index >= 15 is 0 Å². The van der Waals surface area contributed by atoms with E-state index in [9.17, 15) is 28.4 Å². The van der Waals surface area contributed by atoms with Crippen LogP contribution >= 0.6 is 11.6 Å². The first-order valence-electron chi connectivity index (χ1n) is 27.7. The number of hydrogen-bond donors (Lipinski definition) is 4. The summed E-state index contributed by atoms with van der Waals surface area (Å²) in [5.74, 6) is 1.67. The predicted molar refractivity (Wildman–Crippen MR) is 304 cm³/mol. The minimum Gasteiger partial charge on any atom is -0.496 e. The number of nitro benzene ring substituents is 1. The third-order valence-corrected chi connectivity index (χ3v) is 19.2. The fraction of sp³-hybridized carbons (Fsp3) is 0.467. The van der Waals surface area contributed by atoms with Gasteiger partial charge in [-0.1, -0.05) is 61.8 Å². The van der Waals surface area contributed by atoms with Crippen molar-refractivity contribution >= 4 is 55.6 Å². The third kappa shape index (κ3) is 11.4. The summed E-state index contributed by atoms with van der Waals surface area (Å²) < 4.78 is 42.3. The number of benzene rings is 4. The van der Waals surface area contributed by atoms with Crippen LogP contribution in [-0.2, 0) is 16.6 Å². The zero-order valence-corrected chi connectivity index (χ0v) is 46.5. The van der Waals surface area contributed by atoms with E-state index in [1.165, 1.54) is 53.4 Å². The smallest absolute Gasteiger partial charge is 0.293 e. The van der Waals surface area contributed by atoms with Crippen LogP contribution in [0, 0.1) is 21.4 Å². The van der Waals surface area contributed by atoms with Crippen LogP contribution in [-0.4, -0.2) is 102 Å². The minimum atomic E-state index is -4.61. The molecule has 3 aliphatic carbocycles. The van der Waals surface area contributed by atoms with Crippen molar-refractivity contribution in [1.82, 2.24) is 24.5 Å². The largest absolute Gasteiger partial charge is 0.496 e. The van der Waals surface area contributed by atoms with Crippen LogP contribution in [0.4, 0.5) is 17.1 Å². The summed E-state index contributed by atoms with van der Waals surface area (Å²) in [5, 5.41) is 26.8. The van der Waals surface area contributed by atoms with E-state index in [0.29, 0.717) is 53.3 Å². The minimum absolute atomic E-state index is 0.0583. The fourth-order valence-electron chi connectivity index (χ4n) is 12.8. The topological polar surface area (TPSA) is 195 Å². The molecule has 6 aromatic rings. The summed E-state index contributed by atoms with van der Waals surface area (Å²) in [6.45, 7) is 12.3. The highest BCUT2D eigenvalue weighted by Gasteiger charge is 2.50. The molecule has 0 bridgehead atoms. The monoisotopic (exact) mass is 1100 g/mol. The zero-order chi connectivity index (χ0) is 54.5. The molecular weight excluding hydrogens is 1030 g/mol. The SMILES string of the molecule is COc1cc(CN2CCN(C3CC4(CCN(c5ccc(C(=O)NS(=O)(=O)c6ccc(NCC7CCC(C)(O)CC7)c([N+](=O)[O-])c6)c(Oc6cnc7[nH]cc(Cl)c7c6)c5)CC4)C3)[C@H](c3ccccc3C(C)C)C2)ccc1C1CC1. The standard InChI is InChI=1S/C60H71ClN8O8S/c1-38(2)46-7-5-6-8-48(46)54-37-66(36-40-9-14-47(41-10-11-41)55(27-40)76-4)25-26-68(54)43-31-60(32-43)21-23-67(24-22-60)42-12-15-49(56(28-42)77-44-29-50-51(61)35-64-57(50)63-34-44)58(70)65-78(74,75)45-13-16-52(53(30-45)69(72)73)62-33-39-17-19-59(3,71)20-18-39/h5-9,12-16,27-30,34-35,38-39,41,43,54,62,71H,10-11,17-26,31-33,36-37H2,1-4H3,(H,63,64)(H,65,70)/t39?,54-,59?/m0/s1. The number of anilines is 2. The number of rotatable bonds is 17. The van der Waals surface area contributed by atoms with E-state index in [2.05, 4.69) is 91.0 Å². The van der Waals surface area contributed by atoms with E-state index in [1.807, 2.05) is 13.0 Å². The van der Waals surface area contributed by atoms with E-state index in [1.54, 1.807) is 31.5 Å². The van der Waals surface area contributed by atoms with Crippen LogP contribution in [0.25, 0.3) is 11.0 Å². The number of nitrogens with zero attached hydrogens (tertiary/aromatic N) is 5. The van der Waals surface area contributed by atoms with Gasteiger partial charge in [-0.05, 0) is 153 Å². The van der Waals surface area contributed by atoms with Crippen LogP contribution in [0.1, 0.15) is 135 Å². The first-order valence-corrected chi connectivity index (χ1v) is 29.5. The second-order valence-corrected chi connectivity index (χ2v) is 25.4. The molecule has 18 heteroatoms. The van der Waals surface area contributed by atoms with Crippen LogP contribution in [0.3, 0.4) is 0 Å². The number of halogens is 1. The maximum absolute atomic E-state index is 14.2. The molecule has 412 valence electrons. The number of piperazine rings is 1. The molecule has 1 spiro atoms. The van der Waals surface area contributed by atoms with Gasteiger partial charge in [0.05, 0.1) is 39.3 Å². The second kappa shape index (κ2) is 21.8. The van der Waals surface area contributed by atoms with Crippen LogP contribution in [0.5, 0.6) is 17.2 Å². The van der Waals surface area contributed by atoms with Crippen molar-refractivity contribution in [3.63, 3.8) is 0 Å². The molecule has 4 aromatic carbocycles. The number of methoxy groups -OCH3 is 1. The van der Waals surface area contributed by atoms with Gasteiger partial charge >= 0.3 is 0 Å². The number of H-pyrrole nitrogens is 1. The highest BCUT2D eigenvalue weighted by atomic mass is 35.5. The Kier molecular flexibility index (Phi) is 15.0. The lowest BCUT2D eigenvalue weighted by molar-refractivity contribution is -0.384. The number of aliphatic hydroxyl groups is 1. The molecule has 4 heterocycles. The van der Waals surface area contributed by atoms with Crippen molar-refractivity contribution in [2.24, 2.45) is 11.3 Å². The van der Waals surface area contributed by atoms with Crippen molar-refractivity contribution < 1.29 is 32.7 Å². The number of nitro groups is 1. The van der Waals surface area contributed by atoms with Gasteiger partial charge in [-0.25, -0.2) is 18.1 Å². The maximum Gasteiger partial charge on any atom is 0.293 e. The van der Waals surface area contributed by atoms with Gasteiger partial charge in [0, 0.05) is 87.3 Å². The molecule has 1 amide bonds. The second-order valence-electron chi connectivity index (χ2n) is 23.4. The maximum atomic E-state index is 14.2. The molecule has 4 N–H and O–H groups in total. The van der Waals surface area contributed by atoms with Gasteiger partial charge < -0.3 is 29.8 Å². The number of aromatic nitrogens is 2. The number of aromatic amines is 1. The van der Waals surface area contributed by atoms with Crippen molar-refractivity contribution in [1.29, 1.82) is 0 Å². The summed E-state index contributed by atoms with van der Waals surface area (Å²) in [6.07, 6.45) is 12.6. The summed E-state index contributed by atoms with van der Waals surface area (Å²) in [4.78, 5) is 40.6. The number of piperidine rings is 1. The Hall–Kier alpha value is -6.24. The van der Waals surface area contributed by atoms with Gasteiger partial charge in [0.15, 0.2) is 0 Å². The van der Waals surface area contributed by atoms with Crippen molar-refractivity contribution in [2.75, 3.05) is 56.6 Å². The number of hydrogen-bond acceptors (Lipinski definition) is 13. The Morgan fingerprint density at radius 3 is 2.44 bits per heavy atom. The summed E-state index contributed by atoms with van der Waals surface area (Å²) in [6, 6.07) is 27.0. The number of ether oxygens (including phenoxy) is 2. The highest BCUT2D eigenvalue weighted by Crippen LogP contribution is 2.54. The highest BCUT2D eigenvalue weighted by molar-refractivity contribution is 7.90. The molecule has 2 aliphatic heterocycles. The van der Waals surface area contributed by atoms with E-state index in [4.69, 9.17) is 21.1 Å². The van der Waals surface area contributed by atoms with Gasteiger partial charge in [-0.15, -0.1) is 0 Å².